The molecular formula is C20H26N2O6S. The lowest BCUT2D eigenvalue weighted by molar-refractivity contribution is -0.120. The van der Waals surface area contributed by atoms with Crippen molar-refractivity contribution in [2.45, 2.75) is 13.0 Å². The summed E-state index contributed by atoms with van der Waals surface area (Å²) in [5, 5.41) is 2.81. The van der Waals surface area contributed by atoms with Gasteiger partial charge in [-0.2, -0.15) is 0 Å². The molecule has 1 atom stereocenters. The van der Waals surface area contributed by atoms with E-state index in [4.69, 9.17) is 14.2 Å². The zero-order valence-electron chi connectivity index (χ0n) is 17.1. The van der Waals surface area contributed by atoms with Crippen LogP contribution in [-0.2, 0) is 14.8 Å². The number of hydrogen-bond acceptors (Lipinski definition) is 6. The van der Waals surface area contributed by atoms with Crippen LogP contribution in [0, 0.1) is 0 Å². The van der Waals surface area contributed by atoms with Gasteiger partial charge in [-0.1, -0.05) is 12.1 Å². The number of nitrogens with one attached hydrogen (secondary N) is 1. The Bertz CT molecular complexity index is 961. The number of sulfonamides is 1. The van der Waals surface area contributed by atoms with E-state index in [1.165, 1.54) is 14.2 Å². The van der Waals surface area contributed by atoms with Crippen LogP contribution in [0.5, 0.6) is 17.2 Å². The summed E-state index contributed by atoms with van der Waals surface area (Å²) >= 11 is 0. The maximum Gasteiger partial charge on any atom is 0.241 e. The molecule has 2 rings (SSSR count). The molecule has 0 aliphatic rings. The molecule has 0 bridgehead atoms. The van der Waals surface area contributed by atoms with Gasteiger partial charge < -0.3 is 19.5 Å². The van der Waals surface area contributed by atoms with E-state index in [1.807, 2.05) is 0 Å². The van der Waals surface area contributed by atoms with Gasteiger partial charge in [0.2, 0.25) is 15.9 Å². The van der Waals surface area contributed by atoms with Gasteiger partial charge in [0.05, 0.1) is 39.3 Å². The van der Waals surface area contributed by atoms with Crippen LogP contribution >= 0.6 is 0 Å². The fourth-order valence-electron chi connectivity index (χ4n) is 2.89. The van der Waals surface area contributed by atoms with Gasteiger partial charge in [-0.05, 0) is 37.3 Å². The molecule has 2 aromatic rings. The highest BCUT2D eigenvalue weighted by Crippen LogP contribution is 2.31. The number of hydrogen-bond donors (Lipinski definition) is 1. The largest absolute Gasteiger partial charge is 0.497 e. The molecule has 0 aliphatic heterocycles. The van der Waals surface area contributed by atoms with E-state index >= 15 is 0 Å². The highest BCUT2D eigenvalue weighted by atomic mass is 32.2. The lowest BCUT2D eigenvalue weighted by Crippen LogP contribution is -2.41. The first-order chi connectivity index (χ1) is 13.7. The standard InChI is InChI=1S/C20H26N2O6S/c1-14(16-12-15(26-2)10-11-18(16)27-3)21-20(23)13-22(29(5,24)25)17-8-6-7-9-19(17)28-4/h6-12,14H,13H2,1-5H3,(H,21,23). The van der Waals surface area contributed by atoms with Crippen molar-refractivity contribution in [2.75, 3.05) is 38.4 Å². The number of carbonyl (C=O) groups is 1. The van der Waals surface area contributed by atoms with E-state index in [1.54, 1.807) is 56.5 Å². The van der Waals surface area contributed by atoms with Crippen LogP contribution < -0.4 is 23.8 Å². The second-order valence-corrected chi connectivity index (χ2v) is 8.25. The number of para-hydroxylation sites is 2. The number of rotatable bonds is 9. The Morgan fingerprint density at radius 1 is 1.03 bits per heavy atom. The number of methoxy groups -OCH3 is 3. The van der Waals surface area contributed by atoms with Crippen molar-refractivity contribution >= 4 is 21.6 Å². The molecule has 158 valence electrons. The predicted molar refractivity (Wildman–Crippen MR) is 111 cm³/mol. The average Bonchev–Trinajstić information content (AvgIpc) is 2.70. The summed E-state index contributed by atoms with van der Waals surface area (Å²) < 4.78 is 41.5. The monoisotopic (exact) mass is 422 g/mol. The summed E-state index contributed by atoms with van der Waals surface area (Å²) in [4.78, 5) is 12.7. The molecule has 0 heterocycles. The number of nitrogens with zero attached hydrogens (tertiary/aromatic N) is 1. The quantitative estimate of drug-likeness (QED) is 0.667. The molecule has 9 heteroatoms. The summed E-state index contributed by atoms with van der Waals surface area (Å²) in [5.74, 6) is 1.09. The highest BCUT2D eigenvalue weighted by Gasteiger charge is 2.25. The van der Waals surface area contributed by atoms with Crippen LogP contribution in [-0.4, -0.2) is 48.5 Å². The minimum absolute atomic E-state index is 0.291. The van der Waals surface area contributed by atoms with Gasteiger partial charge in [0.15, 0.2) is 0 Å². The van der Waals surface area contributed by atoms with Crippen LogP contribution in [0.25, 0.3) is 0 Å². The summed E-state index contributed by atoms with van der Waals surface area (Å²) in [6, 6.07) is 11.4. The molecule has 1 N–H and O–H groups in total. The number of anilines is 1. The lowest BCUT2D eigenvalue weighted by Gasteiger charge is -2.25. The normalized spacial score (nSPS) is 12.0. The molecule has 0 spiro atoms. The minimum Gasteiger partial charge on any atom is -0.497 e. The molecule has 29 heavy (non-hydrogen) atoms. The Balaban J connectivity index is 2.25. The van der Waals surface area contributed by atoms with Crippen LogP contribution in [0.3, 0.4) is 0 Å². The molecule has 0 aromatic heterocycles. The topological polar surface area (TPSA) is 94.2 Å². The summed E-state index contributed by atoms with van der Waals surface area (Å²) in [5.41, 5.74) is 1.00. The molecule has 1 unspecified atom stereocenters. The first-order valence-corrected chi connectivity index (χ1v) is 10.7. The predicted octanol–water partition coefficient (Wildman–Crippen LogP) is 2.36. The summed E-state index contributed by atoms with van der Waals surface area (Å²) in [6.45, 7) is 1.39. The van der Waals surface area contributed by atoms with Gasteiger partial charge in [-0.15, -0.1) is 0 Å². The fraction of sp³-hybridized carbons (Fsp3) is 0.350. The van der Waals surface area contributed by atoms with E-state index in [2.05, 4.69) is 5.32 Å². The summed E-state index contributed by atoms with van der Waals surface area (Å²) in [6.07, 6.45) is 1.04. The van der Waals surface area contributed by atoms with Crippen LogP contribution in [0.2, 0.25) is 0 Å². The van der Waals surface area contributed by atoms with Crippen molar-refractivity contribution in [3.63, 3.8) is 0 Å². The van der Waals surface area contributed by atoms with Crippen LogP contribution in [0.1, 0.15) is 18.5 Å². The first-order valence-electron chi connectivity index (χ1n) is 8.83. The molecule has 0 saturated carbocycles. The van der Waals surface area contributed by atoms with E-state index in [0.717, 1.165) is 10.6 Å². The van der Waals surface area contributed by atoms with Gasteiger partial charge in [0.1, 0.15) is 23.8 Å². The zero-order chi connectivity index (χ0) is 21.6. The molecule has 0 saturated heterocycles. The number of benzene rings is 2. The maximum atomic E-state index is 12.7. The maximum absolute atomic E-state index is 12.7. The van der Waals surface area contributed by atoms with Gasteiger partial charge in [-0.3, -0.25) is 9.10 Å². The fourth-order valence-corrected chi connectivity index (χ4v) is 3.75. The minimum atomic E-state index is -3.72. The smallest absolute Gasteiger partial charge is 0.241 e. The first kappa shape index (κ1) is 22.4. The third kappa shape index (κ3) is 5.54. The Labute approximate surface area is 171 Å². The van der Waals surface area contributed by atoms with Gasteiger partial charge in [0.25, 0.3) is 0 Å². The average molecular weight is 423 g/mol. The van der Waals surface area contributed by atoms with Gasteiger partial charge >= 0.3 is 0 Å². The van der Waals surface area contributed by atoms with Crippen molar-refractivity contribution in [1.82, 2.24) is 5.32 Å². The molecule has 0 radical (unpaired) electrons. The van der Waals surface area contributed by atoms with E-state index in [0.29, 0.717) is 28.5 Å². The Kier molecular flexibility index (Phi) is 7.33. The second kappa shape index (κ2) is 9.51. The van der Waals surface area contributed by atoms with Gasteiger partial charge in [-0.25, -0.2) is 8.42 Å². The molecule has 2 aromatic carbocycles. The lowest BCUT2D eigenvalue weighted by atomic mass is 10.1. The van der Waals surface area contributed by atoms with E-state index in [9.17, 15) is 13.2 Å². The molecule has 1 amide bonds. The number of amides is 1. The third-order valence-corrected chi connectivity index (χ3v) is 5.45. The van der Waals surface area contributed by atoms with Gasteiger partial charge in [0, 0.05) is 5.56 Å². The third-order valence-electron chi connectivity index (χ3n) is 4.32. The zero-order valence-corrected chi connectivity index (χ0v) is 17.9. The molecule has 0 aliphatic carbocycles. The summed E-state index contributed by atoms with van der Waals surface area (Å²) in [7, 11) is 0.802. The SMILES string of the molecule is COc1ccc(OC)c(C(C)NC(=O)CN(c2ccccc2OC)S(C)(=O)=O)c1. The number of carbonyl (C=O) groups excluding carboxylic acids is 1. The second-order valence-electron chi connectivity index (χ2n) is 6.34. The van der Waals surface area contributed by atoms with Crippen LogP contribution in [0.15, 0.2) is 42.5 Å². The van der Waals surface area contributed by atoms with E-state index in [-0.39, 0.29) is 0 Å². The Hall–Kier alpha value is -2.94. The van der Waals surface area contributed by atoms with Crippen molar-refractivity contribution in [3.05, 3.63) is 48.0 Å². The Morgan fingerprint density at radius 2 is 1.69 bits per heavy atom. The van der Waals surface area contributed by atoms with Crippen molar-refractivity contribution in [3.8, 4) is 17.2 Å². The van der Waals surface area contributed by atoms with Crippen LogP contribution in [0.4, 0.5) is 5.69 Å². The molecule has 0 fully saturated rings. The van der Waals surface area contributed by atoms with Crippen molar-refractivity contribution < 1.29 is 27.4 Å². The number of ether oxygens (including phenoxy) is 3. The Morgan fingerprint density at radius 3 is 2.28 bits per heavy atom. The van der Waals surface area contributed by atoms with Crippen molar-refractivity contribution in [2.24, 2.45) is 0 Å². The van der Waals surface area contributed by atoms with E-state index < -0.39 is 28.5 Å². The molecular weight excluding hydrogens is 396 g/mol. The molecule has 8 nitrogen and oxygen atoms in total. The van der Waals surface area contributed by atoms with Crippen molar-refractivity contribution in [1.29, 1.82) is 0 Å². The highest BCUT2D eigenvalue weighted by molar-refractivity contribution is 7.92.